The summed E-state index contributed by atoms with van der Waals surface area (Å²) in [5, 5.41) is 10.1. The van der Waals surface area contributed by atoms with Crippen LogP contribution in [0.4, 0.5) is 0 Å². The minimum Gasteiger partial charge on any atom is -0.297 e. The summed E-state index contributed by atoms with van der Waals surface area (Å²) in [6.45, 7) is 8.73. The quantitative estimate of drug-likeness (QED) is 0.362. The molecule has 33 heavy (non-hydrogen) atoms. The molecule has 0 N–H and O–H groups in total. The topological polar surface area (TPSA) is 57.4 Å². The van der Waals surface area contributed by atoms with Gasteiger partial charge >= 0.3 is 0 Å². The molecule has 5 heteroatoms. The number of hydrogen-bond acceptors (Lipinski definition) is 5. The molecular formula is C28H42N4O. The lowest BCUT2D eigenvalue weighted by molar-refractivity contribution is -0.131. The van der Waals surface area contributed by atoms with Crippen molar-refractivity contribution >= 4 is 24.4 Å². The summed E-state index contributed by atoms with van der Waals surface area (Å²) < 4.78 is 0. The fourth-order valence-corrected chi connectivity index (χ4v) is 8.84. The van der Waals surface area contributed by atoms with E-state index in [1.165, 1.54) is 62.9 Å². The van der Waals surface area contributed by atoms with E-state index in [2.05, 4.69) is 35.8 Å². The number of nitrogens with zero attached hydrogens (tertiary/aromatic N) is 4. The zero-order valence-corrected chi connectivity index (χ0v) is 20.7. The van der Waals surface area contributed by atoms with Crippen LogP contribution >= 0.6 is 0 Å². The van der Waals surface area contributed by atoms with Crippen molar-refractivity contribution in [1.29, 1.82) is 0 Å². The van der Waals surface area contributed by atoms with Crippen molar-refractivity contribution < 1.29 is 4.79 Å². The lowest BCUT2D eigenvalue weighted by Gasteiger charge is -2.56. The van der Waals surface area contributed by atoms with Crippen LogP contribution in [-0.2, 0) is 4.79 Å². The SMILES string of the molecule is C=NN(CC(=O)C1CCC2C3CCC4CC(CC)CCC4C3CCC12C)/N=C1/C=CN=CC1. The molecule has 1 heterocycles. The molecule has 8 unspecified atom stereocenters. The van der Waals surface area contributed by atoms with Gasteiger partial charge in [0.15, 0.2) is 5.78 Å². The highest BCUT2D eigenvalue weighted by molar-refractivity contribution is 6.04. The van der Waals surface area contributed by atoms with E-state index in [1.54, 1.807) is 6.20 Å². The normalized spacial score (nSPS) is 43.0. The van der Waals surface area contributed by atoms with Crippen molar-refractivity contribution in [3.05, 3.63) is 12.3 Å². The Morgan fingerprint density at radius 1 is 1.15 bits per heavy atom. The van der Waals surface area contributed by atoms with Gasteiger partial charge in [-0.15, -0.1) is 0 Å². The molecule has 0 aromatic rings. The number of ketones is 1. The van der Waals surface area contributed by atoms with Gasteiger partial charge in [0.05, 0.1) is 5.71 Å². The summed E-state index contributed by atoms with van der Waals surface area (Å²) in [4.78, 5) is 17.6. The van der Waals surface area contributed by atoms with E-state index >= 15 is 0 Å². The number of allylic oxidation sites excluding steroid dienone is 1. The van der Waals surface area contributed by atoms with Gasteiger partial charge in [0.2, 0.25) is 0 Å². The number of carbonyl (C=O) groups is 1. The first-order valence-electron chi connectivity index (χ1n) is 13.6. The van der Waals surface area contributed by atoms with Crippen molar-refractivity contribution in [1.82, 2.24) is 5.12 Å². The molecule has 0 spiro atoms. The second kappa shape index (κ2) is 9.46. The van der Waals surface area contributed by atoms with Crippen molar-refractivity contribution in [3.63, 3.8) is 0 Å². The lowest BCUT2D eigenvalue weighted by Crippen LogP contribution is -2.49. The minimum absolute atomic E-state index is 0.143. The fraction of sp³-hybridized carbons (Fsp3) is 0.786. The molecule has 5 rings (SSSR count). The van der Waals surface area contributed by atoms with Crippen LogP contribution in [0.2, 0.25) is 0 Å². The molecule has 8 atom stereocenters. The zero-order chi connectivity index (χ0) is 23.0. The Hall–Kier alpha value is -1.78. The van der Waals surface area contributed by atoms with E-state index in [1.807, 2.05) is 12.3 Å². The summed E-state index contributed by atoms with van der Waals surface area (Å²) in [7, 11) is 0. The Balaban J connectivity index is 1.26. The molecule has 0 saturated heterocycles. The van der Waals surface area contributed by atoms with E-state index in [9.17, 15) is 4.79 Å². The average Bonchev–Trinajstić information content (AvgIpc) is 3.21. The van der Waals surface area contributed by atoms with E-state index < -0.39 is 0 Å². The number of aliphatic imine (C=N–C) groups is 1. The maximum absolute atomic E-state index is 13.5. The van der Waals surface area contributed by atoms with Gasteiger partial charge in [-0.25, -0.2) is 0 Å². The van der Waals surface area contributed by atoms with Gasteiger partial charge < -0.3 is 0 Å². The molecule has 0 aromatic carbocycles. The van der Waals surface area contributed by atoms with Gasteiger partial charge in [-0.3, -0.25) is 9.79 Å². The highest BCUT2D eigenvalue weighted by Gasteiger charge is 2.58. The smallest absolute Gasteiger partial charge is 0.159 e. The molecule has 4 aliphatic carbocycles. The number of fused-ring (bicyclic) bond motifs is 5. The van der Waals surface area contributed by atoms with Crippen molar-refractivity contribution in [2.75, 3.05) is 6.54 Å². The molecule has 5 nitrogen and oxygen atoms in total. The van der Waals surface area contributed by atoms with Crippen molar-refractivity contribution in [2.24, 2.45) is 62.0 Å². The maximum atomic E-state index is 13.5. The number of rotatable bonds is 6. The number of hydrogen-bond donors (Lipinski definition) is 0. The van der Waals surface area contributed by atoms with Crippen LogP contribution in [0, 0.1) is 46.8 Å². The third-order valence-electron chi connectivity index (χ3n) is 10.5. The Bertz CT molecular complexity index is 847. The van der Waals surface area contributed by atoms with Gasteiger partial charge in [-0.2, -0.15) is 15.3 Å². The highest BCUT2D eigenvalue weighted by Crippen LogP contribution is 2.64. The van der Waals surface area contributed by atoms with Crippen LogP contribution in [-0.4, -0.2) is 36.1 Å². The molecule has 180 valence electrons. The fourth-order valence-electron chi connectivity index (χ4n) is 8.84. The van der Waals surface area contributed by atoms with Gasteiger partial charge in [0.1, 0.15) is 6.54 Å². The molecule has 0 bridgehead atoms. The van der Waals surface area contributed by atoms with Crippen LogP contribution in [0.15, 0.2) is 27.5 Å². The second-order valence-corrected chi connectivity index (χ2v) is 11.8. The Kier molecular flexibility index (Phi) is 6.59. The van der Waals surface area contributed by atoms with E-state index in [0.29, 0.717) is 12.2 Å². The third-order valence-corrected chi connectivity index (χ3v) is 10.5. The Morgan fingerprint density at radius 2 is 2.00 bits per heavy atom. The average molecular weight is 451 g/mol. The van der Waals surface area contributed by atoms with Gasteiger partial charge in [-0.05, 0) is 98.4 Å². The Labute approximate surface area is 199 Å². The van der Waals surface area contributed by atoms with Crippen LogP contribution < -0.4 is 0 Å². The maximum Gasteiger partial charge on any atom is 0.159 e. The first-order valence-corrected chi connectivity index (χ1v) is 13.6. The summed E-state index contributed by atoms with van der Waals surface area (Å²) in [5.74, 6) is 5.88. The summed E-state index contributed by atoms with van der Waals surface area (Å²) in [6, 6.07) is 0. The number of Topliss-reactive ketones (excluding diaryl/α,β-unsaturated/α-hetero) is 1. The molecule has 4 fully saturated rings. The second-order valence-electron chi connectivity index (χ2n) is 11.8. The van der Waals surface area contributed by atoms with Gasteiger partial charge in [-0.1, -0.05) is 26.7 Å². The van der Waals surface area contributed by atoms with E-state index in [-0.39, 0.29) is 17.9 Å². The number of hydrazone groups is 2. The highest BCUT2D eigenvalue weighted by atomic mass is 16.1. The summed E-state index contributed by atoms with van der Waals surface area (Å²) in [6.07, 6.45) is 19.6. The van der Waals surface area contributed by atoms with Crippen LogP contribution in [0.3, 0.4) is 0 Å². The third kappa shape index (κ3) is 4.25. The molecule has 1 aliphatic heterocycles. The van der Waals surface area contributed by atoms with Crippen LogP contribution in [0.1, 0.15) is 84.5 Å². The van der Waals surface area contributed by atoms with E-state index in [4.69, 9.17) is 0 Å². The Morgan fingerprint density at radius 3 is 2.76 bits per heavy atom. The zero-order valence-electron chi connectivity index (χ0n) is 20.7. The predicted molar refractivity (Wildman–Crippen MR) is 135 cm³/mol. The lowest BCUT2D eigenvalue weighted by atomic mass is 9.49. The molecular weight excluding hydrogens is 408 g/mol. The predicted octanol–water partition coefficient (Wildman–Crippen LogP) is 6.11. The first-order chi connectivity index (χ1) is 16.0. The molecule has 4 saturated carbocycles. The minimum atomic E-state index is 0.143. The summed E-state index contributed by atoms with van der Waals surface area (Å²) >= 11 is 0. The van der Waals surface area contributed by atoms with Gasteiger partial charge in [0, 0.05) is 31.5 Å². The first kappa shape index (κ1) is 23.0. The van der Waals surface area contributed by atoms with E-state index in [0.717, 1.165) is 47.6 Å². The van der Waals surface area contributed by atoms with Gasteiger partial charge in [0.25, 0.3) is 0 Å². The molecule has 0 aromatic heterocycles. The van der Waals surface area contributed by atoms with Crippen LogP contribution in [0.5, 0.6) is 0 Å². The van der Waals surface area contributed by atoms with Crippen LogP contribution in [0.25, 0.3) is 0 Å². The molecule has 0 radical (unpaired) electrons. The van der Waals surface area contributed by atoms with Crippen molar-refractivity contribution in [2.45, 2.75) is 84.5 Å². The number of carbonyl (C=O) groups excluding carboxylic acids is 1. The largest absolute Gasteiger partial charge is 0.297 e. The molecule has 0 amide bonds. The monoisotopic (exact) mass is 450 g/mol. The van der Waals surface area contributed by atoms with Crippen molar-refractivity contribution in [3.8, 4) is 0 Å². The summed E-state index contributed by atoms with van der Waals surface area (Å²) in [5.41, 5.74) is 1.03. The molecule has 5 aliphatic rings. The standard InChI is InChI=1S/C28H42N4O/c1-4-19-5-7-22-20(17-19)6-8-24-23(22)11-14-28(2)25(24)9-10-26(28)27(33)18-32(29-3)31-21-12-15-30-16-13-21/h12,15-16,19-20,22-26H,3-11,13-14,17-18H2,1-2H3/b31-21-.